The van der Waals surface area contributed by atoms with E-state index in [1.165, 1.54) is 5.56 Å². The molecule has 0 atom stereocenters. The van der Waals surface area contributed by atoms with Crippen LogP contribution in [0.1, 0.15) is 21.6 Å². The van der Waals surface area contributed by atoms with Crippen molar-refractivity contribution in [1.82, 2.24) is 9.99 Å². The molecule has 1 heterocycles. The Kier molecular flexibility index (Phi) is 5.38. The minimum Gasteiger partial charge on any atom is -0.497 e. The second-order valence-corrected chi connectivity index (χ2v) is 6.63. The maximum atomic E-state index is 12.3. The van der Waals surface area contributed by atoms with Crippen LogP contribution in [0, 0.1) is 0 Å². The Morgan fingerprint density at radius 2 is 1.72 bits per heavy atom. The summed E-state index contributed by atoms with van der Waals surface area (Å²) in [4.78, 5) is 12.3. The molecule has 0 bridgehead atoms. The molecule has 0 aliphatic rings. The first-order valence-corrected chi connectivity index (χ1v) is 9.34. The predicted octanol–water partition coefficient (Wildman–Crippen LogP) is 4.46. The monoisotopic (exact) mass is 383 g/mol. The molecule has 0 saturated heterocycles. The SMILES string of the molecule is COc1ccc(C(=O)N/N=C/c2cc3ccccc3n2Cc2ccccc2)cc1. The van der Waals surface area contributed by atoms with Crippen LogP contribution in [-0.4, -0.2) is 23.8 Å². The van der Waals surface area contributed by atoms with Gasteiger partial charge in [0.15, 0.2) is 0 Å². The van der Waals surface area contributed by atoms with Gasteiger partial charge in [0.05, 0.1) is 19.0 Å². The maximum absolute atomic E-state index is 12.3. The van der Waals surface area contributed by atoms with Gasteiger partial charge in [0.1, 0.15) is 5.75 Å². The van der Waals surface area contributed by atoms with Gasteiger partial charge >= 0.3 is 0 Å². The molecule has 0 radical (unpaired) electrons. The highest BCUT2D eigenvalue weighted by Gasteiger charge is 2.08. The van der Waals surface area contributed by atoms with Crippen LogP contribution in [0.2, 0.25) is 0 Å². The third kappa shape index (κ3) is 4.19. The highest BCUT2D eigenvalue weighted by molar-refractivity contribution is 5.95. The van der Waals surface area contributed by atoms with Gasteiger partial charge in [-0.05, 0) is 42.0 Å². The molecule has 0 unspecified atom stereocenters. The summed E-state index contributed by atoms with van der Waals surface area (Å²) in [6.45, 7) is 0.724. The zero-order valence-corrected chi connectivity index (χ0v) is 16.1. The third-order valence-electron chi connectivity index (χ3n) is 4.74. The Labute approximate surface area is 169 Å². The molecule has 5 heteroatoms. The smallest absolute Gasteiger partial charge is 0.271 e. The first kappa shape index (κ1) is 18.5. The topological polar surface area (TPSA) is 55.6 Å². The van der Waals surface area contributed by atoms with Crippen molar-refractivity contribution in [3.8, 4) is 5.75 Å². The number of hydrogen-bond donors (Lipinski definition) is 1. The molecule has 0 spiro atoms. The fraction of sp³-hybridized carbons (Fsp3) is 0.0833. The van der Waals surface area contributed by atoms with E-state index in [0.29, 0.717) is 11.3 Å². The Hall–Kier alpha value is -3.86. The number of para-hydroxylation sites is 1. The number of methoxy groups -OCH3 is 1. The van der Waals surface area contributed by atoms with E-state index in [4.69, 9.17) is 4.74 Å². The summed E-state index contributed by atoms with van der Waals surface area (Å²) >= 11 is 0. The molecule has 1 amide bonds. The molecule has 29 heavy (non-hydrogen) atoms. The Morgan fingerprint density at radius 3 is 2.48 bits per heavy atom. The molecule has 5 nitrogen and oxygen atoms in total. The summed E-state index contributed by atoms with van der Waals surface area (Å²) in [5.41, 5.74) is 6.36. The number of rotatable bonds is 6. The minimum absolute atomic E-state index is 0.269. The number of nitrogens with one attached hydrogen (secondary N) is 1. The number of hydrogen-bond acceptors (Lipinski definition) is 3. The molecule has 1 aromatic heterocycles. The largest absolute Gasteiger partial charge is 0.497 e. The summed E-state index contributed by atoms with van der Waals surface area (Å²) in [5, 5.41) is 5.31. The van der Waals surface area contributed by atoms with Crippen molar-refractivity contribution >= 4 is 23.0 Å². The lowest BCUT2D eigenvalue weighted by Gasteiger charge is -2.08. The van der Waals surface area contributed by atoms with E-state index in [9.17, 15) is 4.79 Å². The van der Waals surface area contributed by atoms with Crippen LogP contribution in [0.3, 0.4) is 0 Å². The van der Waals surface area contributed by atoms with Crippen molar-refractivity contribution in [3.05, 3.63) is 102 Å². The molecule has 0 saturated carbocycles. The third-order valence-corrected chi connectivity index (χ3v) is 4.74. The van der Waals surface area contributed by atoms with Gasteiger partial charge in [-0.1, -0.05) is 48.5 Å². The molecule has 3 aromatic carbocycles. The van der Waals surface area contributed by atoms with Gasteiger partial charge in [-0.15, -0.1) is 0 Å². The molecule has 4 rings (SSSR count). The summed E-state index contributed by atoms with van der Waals surface area (Å²) < 4.78 is 7.30. The summed E-state index contributed by atoms with van der Waals surface area (Å²) in [6, 6.07) is 27.4. The number of ether oxygens (including phenoxy) is 1. The van der Waals surface area contributed by atoms with Crippen molar-refractivity contribution in [3.63, 3.8) is 0 Å². The van der Waals surface area contributed by atoms with Gasteiger partial charge < -0.3 is 9.30 Å². The summed E-state index contributed by atoms with van der Waals surface area (Å²) in [6.07, 6.45) is 1.68. The molecule has 0 aliphatic carbocycles. The van der Waals surface area contributed by atoms with Crippen LogP contribution < -0.4 is 10.2 Å². The fourth-order valence-electron chi connectivity index (χ4n) is 3.25. The Morgan fingerprint density at radius 1 is 1.00 bits per heavy atom. The predicted molar refractivity (Wildman–Crippen MR) is 116 cm³/mol. The van der Waals surface area contributed by atoms with Crippen molar-refractivity contribution in [2.24, 2.45) is 5.10 Å². The van der Waals surface area contributed by atoms with Crippen molar-refractivity contribution < 1.29 is 9.53 Å². The van der Waals surface area contributed by atoms with Crippen molar-refractivity contribution in [1.29, 1.82) is 0 Å². The van der Waals surface area contributed by atoms with Gasteiger partial charge in [-0.25, -0.2) is 5.43 Å². The zero-order chi connectivity index (χ0) is 20.1. The van der Waals surface area contributed by atoms with Crippen LogP contribution in [0.25, 0.3) is 10.9 Å². The Balaban J connectivity index is 1.56. The average Bonchev–Trinajstić information content (AvgIpc) is 3.12. The maximum Gasteiger partial charge on any atom is 0.271 e. The number of aromatic nitrogens is 1. The number of carbonyl (C=O) groups is 1. The summed E-state index contributed by atoms with van der Waals surface area (Å²) in [5.74, 6) is 0.435. The van der Waals surface area contributed by atoms with Gasteiger partial charge in [0, 0.05) is 23.0 Å². The van der Waals surface area contributed by atoms with E-state index < -0.39 is 0 Å². The second-order valence-electron chi connectivity index (χ2n) is 6.63. The van der Waals surface area contributed by atoms with Crippen LogP contribution in [-0.2, 0) is 6.54 Å². The van der Waals surface area contributed by atoms with Crippen LogP contribution in [0.15, 0.2) is 90.0 Å². The molecular weight excluding hydrogens is 362 g/mol. The highest BCUT2D eigenvalue weighted by Crippen LogP contribution is 2.20. The molecule has 4 aromatic rings. The Bertz CT molecular complexity index is 1150. The van der Waals surface area contributed by atoms with Crippen LogP contribution in [0.4, 0.5) is 0 Å². The molecule has 0 fully saturated rings. The van der Waals surface area contributed by atoms with E-state index in [1.54, 1.807) is 37.6 Å². The molecule has 1 N–H and O–H groups in total. The quantitative estimate of drug-likeness (QED) is 0.395. The number of nitrogens with zero attached hydrogens (tertiary/aromatic N) is 2. The number of fused-ring (bicyclic) bond motifs is 1. The summed E-state index contributed by atoms with van der Waals surface area (Å²) in [7, 11) is 1.59. The normalized spacial score (nSPS) is 11.1. The van der Waals surface area contributed by atoms with E-state index in [2.05, 4.69) is 45.4 Å². The van der Waals surface area contributed by atoms with Gasteiger partial charge in [-0.2, -0.15) is 5.10 Å². The van der Waals surface area contributed by atoms with Crippen molar-refractivity contribution in [2.45, 2.75) is 6.54 Å². The van der Waals surface area contributed by atoms with Crippen LogP contribution >= 0.6 is 0 Å². The molecular formula is C24H21N3O2. The van der Waals surface area contributed by atoms with Crippen molar-refractivity contribution in [2.75, 3.05) is 7.11 Å². The van der Waals surface area contributed by atoms with Crippen LogP contribution in [0.5, 0.6) is 5.75 Å². The number of carbonyl (C=O) groups excluding carboxylic acids is 1. The first-order chi connectivity index (χ1) is 14.2. The van der Waals surface area contributed by atoms with Gasteiger partial charge in [0.2, 0.25) is 0 Å². The number of benzene rings is 3. The van der Waals surface area contributed by atoms with Gasteiger partial charge in [-0.3, -0.25) is 4.79 Å². The molecule has 0 aliphatic heterocycles. The van der Waals surface area contributed by atoms with E-state index >= 15 is 0 Å². The van der Waals surface area contributed by atoms with E-state index in [-0.39, 0.29) is 5.91 Å². The lowest BCUT2D eigenvalue weighted by molar-refractivity contribution is 0.0955. The van der Waals surface area contributed by atoms with E-state index in [0.717, 1.165) is 23.1 Å². The fourth-order valence-corrected chi connectivity index (χ4v) is 3.25. The van der Waals surface area contributed by atoms with E-state index in [1.807, 2.05) is 30.3 Å². The lowest BCUT2D eigenvalue weighted by Crippen LogP contribution is -2.17. The standard InChI is InChI=1S/C24H21N3O2/c1-29-22-13-11-19(12-14-22)24(28)26-25-16-21-15-20-9-5-6-10-23(20)27(21)17-18-7-3-2-4-8-18/h2-16H,17H2,1H3,(H,26,28)/b25-16+. The number of hydrazone groups is 1. The molecule has 144 valence electrons. The first-order valence-electron chi connectivity index (χ1n) is 9.34. The highest BCUT2D eigenvalue weighted by atomic mass is 16.5. The second kappa shape index (κ2) is 8.44. The lowest BCUT2D eigenvalue weighted by atomic mass is 10.2. The van der Waals surface area contributed by atoms with Gasteiger partial charge in [0.25, 0.3) is 5.91 Å². The average molecular weight is 383 g/mol. The number of amides is 1. The minimum atomic E-state index is -0.269. The zero-order valence-electron chi connectivity index (χ0n) is 16.1.